The molecule has 160 valence electrons. The van der Waals surface area contributed by atoms with Crippen molar-refractivity contribution in [2.24, 2.45) is 5.10 Å². The first-order chi connectivity index (χ1) is 15.1. The van der Waals surface area contributed by atoms with Gasteiger partial charge < -0.3 is 14.2 Å². The van der Waals surface area contributed by atoms with Crippen molar-refractivity contribution in [1.82, 2.24) is 5.43 Å². The SMILES string of the molecule is CCOc1c(Br)cc(/C=N/NC(=O)COc2ccc(-c3ccccc3)cc2)cc1OC. The first-order valence-corrected chi connectivity index (χ1v) is 10.5. The summed E-state index contributed by atoms with van der Waals surface area (Å²) in [6, 6.07) is 21.2. The summed E-state index contributed by atoms with van der Waals surface area (Å²) in [5.74, 6) is 1.45. The second-order valence-electron chi connectivity index (χ2n) is 6.44. The van der Waals surface area contributed by atoms with E-state index in [1.165, 1.54) is 6.21 Å². The van der Waals surface area contributed by atoms with E-state index in [0.717, 1.165) is 21.2 Å². The second-order valence-corrected chi connectivity index (χ2v) is 7.29. The van der Waals surface area contributed by atoms with Crippen LogP contribution in [0.25, 0.3) is 11.1 Å². The summed E-state index contributed by atoms with van der Waals surface area (Å²) in [5.41, 5.74) is 5.40. The smallest absolute Gasteiger partial charge is 0.277 e. The Morgan fingerprint density at radius 2 is 1.74 bits per heavy atom. The van der Waals surface area contributed by atoms with Gasteiger partial charge in [0.05, 0.1) is 24.4 Å². The van der Waals surface area contributed by atoms with Crippen LogP contribution in [0.15, 0.2) is 76.3 Å². The Morgan fingerprint density at radius 1 is 1.03 bits per heavy atom. The van der Waals surface area contributed by atoms with Crippen molar-refractivity contribution in [3.8, 4) is 28.4 Å². The van der Waals surface area contributed by atoms with Crippen molar-refractivity contribution in [1.29, 1.82) is 0 Å². The van der Waals surface area contributed by atoms with Gasteiger partial charge in [-0.1, -0.05) is 42.5 Å². The third-order valence-corrected chi connectivity index (χ3v) is 4.86. The van der Waals surface area contributed by atoms with Gasteiger partial charge in [-0.15, -0.1) is 0 Å². The van der Waals surface area contributed by atoms with Crippen molar-refractivity contribution in [2.45, 2.75) is 6.92 Å². The molecule has 6 nitrogen and oxygen atoms in total. The van der Waals surface area contributed by atoms with Gasteiger partial charge in [-0.3, -0.25) is 4.79 Å². The van der Waals surface area contributed by atoms with Crippen molar-refractivity contribution in [2.75, 3.05) is 20.3 Å². The van der Waals surface area contributed by atoms with Gasteiger partial charge in [-0.25, -0.2) is 5.43 Å². The third kappa shape index (κ3) is 6.33. The lowest BCUT2D eigenvalue weighted by Gasteiger charge is -2.12. The van der Waals surface area contributed by atoms with Gasteiger partial charge in [0.25, 0.3) is 5.91 Å². The molecule has 0 unspecified atom stereocenters. The van der Waals surface area contributed by atoms with Crippen LogP contribution in [-0.2, 0) is 4.79 Å². The Hall–Kier alpha value is -3.32. The molecule has 0 fully saturated rings. The number of nitrogens with one attached hydrogen (secondary N) is 1. The van der Waals surface area contributed by atoms with Crippen LogP contribution in [0.4, 0.5) is 0 Å². The van der Waals surface area contributed by atoms with Gasteiger partial charge in [-0.05, 0) is 63.8 Å². The summed E-state index contributed by atoms with van der Waals surface area (Å²) >= 11 is 3.46. The van der Waals surface area contributed by atoms with Crippen LogP contribution in [0.2, 0.25) is 0 Å². The molecule has 0 aromatic heterocycles. The van der Waals surface area contributed by atoms with Gasteiger partial charge in [0.1, 0.15) is 5.75 Å². The quantitative estimate of drug-likeness (QED) is 0.342. The maximum Gasteiger partial charge on any atom is 0.277 e. The fourth-order valence-corrected chi connectivity index (χ4v) is 3.41. The molecule has 0 spiro atoms. The average molecular weight is 483 g/mol. The third-order valence-electron chi connectivity index (χ3n) is 4.27. The molecule has 0 bridgehead atoms. The first kappa shape index (κ1) is 22.4. The second kappa shape index (κ2) is 11.2. The highest BCUT2D eigenvalue weighted by Crippen LogP contribution is 2.36. The van der Waals surface area contributed by atoms with Gasteiger partial charge in [0, 0.05) is 0 Å². The molecule has 0 heterocycles. The molecule has 7 heteroatoms. The zero-order valence-corrected chi connectivity index (χ0v) is 18.9. The minimum atomic E-state index is -0.361. The number of hydrazone groups is 1. The zero-order chi connectivity index (χ0) is 22.1. The fraction of sp³-hybridized carbons (Fsp3) is 0.167. The molecule has 0 aliphatic rings. The minimum absolute atomic E-state index is 0.141. The number of rotatable bonds is 9. The van der Waals surface area contributed by atoms with Crippen molar-refractivity contribution in [3.63, 3.8) is 0 Å². The normalized spacial score (nSPS) is 10.7. The molecule has 3 aromatic rings. The number of carbonyl (C=O) groups is 1. The largest absolute Gasteiger partial charge is 0.493 e. The van der Waals surface area contributed by atoms with E-state index in [2.05, 4.69) is 26.5 Å². The summed E-state index contributed by atoms with van der Waals surface area (Å²) < 4.78 is 17.2. The Morgan fingerprint density at radius 3 is 2.42 bits per heavy atom. The summed E-state index contributed by atoms with van der Waals surface area (Å²) in [6.45, 7) is 2.28. The molecule has 3 rings (SSSR count). The molecular weight excluding hydrogens is 460 g/mol. The molecule has 0 aliphatic carbocycles. The summed E-state index contributed by atoms with van der Waals surface area (Å²) in [6.07, 6.45) is 1.52. The maximum absolute atomic E-state index is 12.0. The number of hydrogen-bond donors (Lipinski definition) is 1. The van der Waals surface area contributed by atoms with Gasteiger partial charge in [0.15, 0.2) is 18.1 Å². The number of halogens is 1. The molecule has 0 radical (unpaired) electrons. The molecule has 0 atom stereocenters. The van der Waals surface area contributed by atoms with E-state index >= 15 is 0 Å². The highest BCUT2D eigenvalue weighted by atomic mass is 79.9. The molecule has 3 aromatic carbocycles. The van der Waals surface area contributed by atoms with Gasteiger partial charge in [0.2, 0.25) is 0 Å². The fourth-order valence-electron chi connectivity index (χ4n) is 2.83. The highest BCUT2D eigenvalue weighted by molar-refractivity contribution is 9.10. The van der Waals surface area contributed by atoms with Gasteiger partial charge >= 0.3 is 0 Å². The summed E-state index contributed by atoms with van der Waals surface area (Å²) in [4.78, 5) is 12.0. The molecule has 0 saturated carbocycles. The van der Waals surface area contributed by atoms with Crippen LogP contribution in [0, 0.1) is 0 Å². The summed E-state index contributed by atoms with van der Waals surface area (Å²) in [5, 5.41) is 3.98. The Kier molecular flexibility index (Phi) is 8.06. The number of methoxy groups -OCH3 is 1. The molecular formula is C24H23BrN2O4. The van der Waals surface area contributed by atoms with Crippen molar-refractivity contribution in [3.05, 3.63) is 76.8 Å². The number of carbonyl (C=O) groups excluding carboxylic acids is 1. The summed E-state index contributed by atoms with van der Waals surface area (Å²) in [7, 11) is 1.57. The van der Waals surface area contributed by atoms with Crippen LogP contribution in [-0.4, -0.2) is 32.4 Å². The number of benzene rings is 3. The first-order valence-electron chi connectivity index (χ1n) is 9.71. The van der Waals surface area contributed by atoms with E-state index in [9.17, 15) is 4.79 Å². The van der Waals surface area contributed by atoms with E-state index in [4.69, 9.17) is 14.2 Å². The highest BCUT2D eigenvalue weighted by Gasteiger charge is 2.10. The predicted molar refractivity (Wildman–Crippen MR) is 125 cm³/mol. The van der Waals surface area contributed by atoms with E-state index in [0.29, 0.717) is 23.9 Å². The van der Waals surface area contributed by atoms with Crippen LogP contribution in [0.1, 0.15) is 12.5 Å². The monoisotopic (exact) mass is 482 g/mol. The van der Waals surface area contributed by atoms with E-state index < -0.39 is 0 Å². The standard InChI is InChI=1S/C24H23BrN2O4/c1-3-30-24-21(25)13-17(14-22(24)29-2)15-26-27-23(28)16-31-20-11-9-19(10-12-20)18-7-5-4-6-8-18/h4-15H,3,16H2,1-2H3,(H,27,28)/b26-15+. The van der Waals surface area contributed by atoms with Crippen LogP contribution < -0.4 is 19.6 Å². The Bertz CT molecular complexity index is 1040. The van der Waals surface area contributed by atoms with E-state index in [-0.39, 0.29) is 12.5 Å². The lowest BCUT2D eigenvalue weighted by atomic mass is 10.1. The van der Waals surface area contributed by atoms with Crippen molar-refractivity contribution >= 4 is 28.1 Å². The molecule has 31 heavy (non-hydrogen) atoms. The van der Waals surface area contributed by atoms with Crippen LogP contribution in [0.5, 0.6) is 17.2 Å². The number of amides is 1. The molecule has 1 amide bonds. The topological polar surface area (TPSA) is 69.2 Å². The lowest BCUT2D eigenvalue weighted by Crippen LogP contribution is -2.24. The van der Waals surface area contributed by atoms with Crippen LogP contribution >= 0.6 is 15.9 Å². The van der Waals surface area contributed by atoms with E-state index in [1.54, 1.807) is 13.2 Å². The Labute approximate surface area is 190 Å². The predicted octanol–water partition coefficient (Wildman–Crippen LogP) is 5.05. The molecule has 1 N–H and O–H groups in total. The lowest BCUT2D eigenvalue weighted by molar-refractivity contribution is -0.123. The van der Waals surface area contributed by atoms with Crippen LogP contribution in [0.3, 0.4) is 0 Å². The van der Waals surface area contributed by atoms with Gasteiger partial charge in [-0.2, -0.15) is 5.10 Å². The molecule has 0 saturated heterocycles. The molecule has 0 aliphatic heterocycles. The van der Waals surface area contributed by atoms with E-state index in [1.807, 2.05) is 67.6 Å². The number of hydrogen-bond acceptors (Lipinski definition) is 5. The van der Waals surface area contributed by atoms with Crippen molar-refractivity contribution < 1.29 is 19.0 Å². The average Bonchev–Trinajstić information content (AvgIpc) is 2.80. The number of ether oxygens (including phenoxy) is 3. The zero-order valence-electron chi connectivity index (χ0n) is 17.3. The Balaban J connectivity index is 1.52. The minimum Gasteiger partial charge on any atom is -0.493 e. The number of nitrogens with zero attached hydrogens (tertiary/aromatic N) is 1. The maximum atomic E-state index is 12.0.